The van der Waals surface area contributed by atoms with E-state index in [1.54, 1.807) is 19.2 Å². The second-order valence-electron chi connectivity index (χ2n) is 4.55. The van der Waals surface area contributed by atoms with Crippen LogP contribution in [-0.2, 0) is 6.54 Å². The maximum absolute atomic E-state index is 9.64. The lowest BCUT2D eigenvalue weighted by molar-refractivity contribution is 0.348. The van der Waals surface area contributed by atoms with Crippen LogP contribution >= 0.6 is 0 Å². The average Bonchev–Trinajstić information content (AvgIpc) is 2.25. The Morgan fingerprint density at radius 1 is 1.41 bits per heavy atom. The SMILES string of the molecule is COc1ccc(CNC(C)CN(C)C)cc1O. The predicted molar refractivity (Wildman–Crippen MR) is 69.5 cm³/mol. The third kappa shape index (κ3) is 4.63. The van der Waals surface area contributed by atoms with Crippen molar-refractivity contribution in [1.82, 2.24) is 10.2 Å². The minimum Gasteiger partial charge on any atom is -0.504 e. The first kappa shape index (κ1) is 13.8. The van der Waals surface area contributed by atoms with Gasteiger partial charge in [-0.1, -0.05) is 6.07 Å². The zero-order chi connectivity index (χ0) is 12.8. The summed E-state index contributed by atoms with van der Waals surface area (Å²) in [6, 6.07) is 5.87. The van der Waals surface area contributed by atoms with Crippen molar-refractivity contribution >= 4 is 0 Å². The van der Waals surface area contributed by atoms with E-state index in [0.717, 1.165) is 18.7 Å². The number of nitrogens with one attached hydrogen (secondary N) is 1. The van der Waals surface area contributed by atoms with E-state index >= 15 is 0 Å². The van der Waals surface area contributed by atoms with Gasteiger partial charge in [-0.25, -0.2) is 0 Å². The first-order valence-electron chi connectivity index (χ1n) is 5.77. The minimum atomic E-state index is 0.187. The highest BCUT2D eigenvalue weighted by molar-refractivity contribution is 5.41. The van der Waals surface area contributed by atoms with E-state index in [-0.39, 0.29) is 5.75 Å². The van der Waals surface area contributed by atoms with Gasteiger partial charge in [0.2, 0.25) is 0 Å². The summed E-state index contributed by atoms with van der Waals surface area (Å²) < 4.78 is 5.00. The molecule has 4 nitrogen and oxygen atoms in total. The smallest absolute Gasteiger partial charge is 0.160 e. The van der Waals surface area contributed by atoms with Gasteiger partial charge in [0.25, 0.3) is 0 Å². The zero-order valence-corrected chi connectivity index (χ0v) is 11.0. The lowest BCUT2D eigenvalue weighted by atomic mass is 10.2. The molecule has 0 saturated heterocycles. The molecule has 0 saturated carbocycles. The highest BCUT2D eigenvalue weighted by Gasteiger charge is 2.05. The summed E-state index contributed by atoms with van der Waals surface area (Å²) in [6.45, 7) is 3.87. The second kappa shape index (κ2) is 6.47. The van der Waals surface area contributed by atoms with E-state index < -0.39 is 0 Å². The highest BCUT2D eigenvalue weighted by atomic mass is 16.5. The van der Waals surface area contributed by atoms with Crippen LogP contribution in [0.2, 0.25) is 0 Å². The van der Waals surface area contributed by atoms with Crippen LogP contribution in [0.4, 0.5) is 0 Å². The van der Waals surface area contributed by atoms with Crippen molar-refractivity contribution in [3.63, 3.8) is 0 Å². The molecule has 17 heavy (non-hydrogen) atoms. The molecule has 0 aliphatic heterocycles. The van der Waals surface area contributed by atoms with Crippen molar-refractivity contribution in [2.45, 2.75) is 19.5 Å². The molecule has 1 unspecified atom stereocenters. The molecular formula is C13H22N2O2. The predicted octanol–water partition coefficient (Wildman–Crippen LogP) is 1.44. The summed E-state index contributed by atoms with van der Waals surface area (Å²) >= 11 is 0. The van der Waals surface area contributed by atoms with Gasteiger partial charge in [-0.05, 0) is 38.7 Å². The number of ether oxygens (including phenoxy) is 1. The van der Waals surface area contributed by atoms with Gasteiger partial charge in [0.1, 0.15) is 0 Å². The molecule has 4 heteroatoms. The number of methoxy groups -OCH3 is 1. The number of phenols is 1. The molecule has 0 spiro atoms. The molecule has 1 aromatic rings. The van der Waals surface area contributed by atoms with Gasteiger partial charge in [-0.2, -0.15) is 0 Å². The summed E-state index contributed by atoms with van der Waals surface area (Å²) in [4.78, 5) is 2.14. The Labute approximate surface area is 103 Å². The lowest BCUT2D eigenvalue weighted by Crippen LogP contribution is -2.35. The summed E-state index contributed by atoms with van der Waals surface area (Å²) in [7, 11) is 5.65. The number of aromatic hydroxyl groups is 1. The molecule has 1 rings (SSSR count). The Kier molecular flexibility index (Phi) is 5.25. The highest BCUT2D eigenvalue weighted by Crippen LogP contribution is 2.26. The maximum Gasteiger partial charge on any atom is 0.160 e. The third-order valence-electron chi connectivity index (χ3n) is 2.54. The van der Waals surface area contributed by atoms with Crippen LogP contribution in [-0.4, -0.2) is 43.8 Å². The molecule has 2 N–H and O–H groups in total. The van der Waals surface area contributed by atoms with E-state index in [4.69, 9.17) is 4.74 Å². The van der Waals surface area contributed by atoms with E-state index in [0.29, 0.717) is 11.8 Å². The molecule has 0 radical (unpaired) electrons. The Morgan fingerprint density at radius 3 is 2.65 bits per heavy atom. The Bertz CT molecular complexity index is 353. The summed E-state index contributed by atoms with van der Waals surface area (Å²) in [5.41, 5.74) is 1.05. The van der Waals surface area contributed by atoms with E-state index in [9.17, 15) is 5.11 Å². The molecule has 1 aromatic carbocycles. The van der Waals surface area contributed by atoms with Crippen LogP contribution < -0.4 is 10.1 Å². The fourth-order valence-electron chi connectivity index (χ4n) is 1.75. The number of rotatable bonds is 6. The Morgan fingerprint density at radius 2 is 2.12 bits per heavy atom. The second-order valence-corrected chi connectivity index (χ2v) is 4.55. The fourth-order valence-corrected chi connectivity index (χ4v) is 1.75. The summed E-state index contributed by atoms with van der Waals surface area (Å²) in [6.07, 6.45) is 0. The minimum absolute atomic E-state index is 0.187. The van der Waals surface area contributed by atoms with Gasteiger partial charge in [0.05, 0.1) is 7.11 Å². The molecule has 0 aliphatic rings. The van der Waals surface area contributed by atoms with Crippen LogP contribution in [0.15, 0.2) is 18.2 Å². The van der Waals surface area contributed by atoms with Crippen LogP contribution in [0.3, 0.4) is 0 Å². The molecule has 0 amide bonds. The summed E-state index contributed by atoms with van der Waals surface area (Å²) in [5.74, 6) is 0.696. The zero-order valence-electron chi connectivity index (χ0n) is 11.0. The van der Waals surface area contributed by atoms with E-state index in [1.165, 1.54) is 0 Å². The van der Waals surface area contributed by atoms with E-state index in [1.807, 2.05) is 6.07 Å². The van der Waals surface area contributed by atoms with Crippen molar-refractivity contribution in [3.05, 3.63) is 23.8 Å². The molecule has 0 fully saturated rings. The van der Waals surface area contributed by atoms with Crippen LogP contribution in [0.25, 0.3) is 0 Å². The van der Waals surface area contributed by atoms with Crippen LogP contribution in [0.1, 0.15) is 12.5 Å². The van der Waals surface area contributed by atoms with Gasteiger partial charge in [0, 0.05) is 19.1 Å². The van der Waals surface area contributed by atoms with Gasteiger partial charge in [-0.15, -0.1) is 0 Å². The first-order valence-corrected chi connectivity index (χ1v) is 5.77. The van der Waals surface area contributed by atoms with E-state index in [2.05, 4.69) is 31.2 Å². The quantitative estimate of drug-likeness (QED) is 0.787. The van der Waals surface area contributed by atoms with Gasteiger partial charge in [0.15, 0.2) is 11.5 Å². The fraction of sp³-hybridized carbons (Fsp3) is 0.538. The largest absolute Gasteiger partial charge is 0.504 e. The molecule has 0 heterocycles. The van der Waals surface area contributed by atoms with Crippen molar-refractivity contribution in [1.29, 1.82) is 0 Å². The maximum atomic E-state index is 9.64. The van der Waals surface area contributed by atoms with Crippen molar-refractivity contribution in [3.8, 4) is 11.5 Å². The number of nitrogens with zero attached hydrogens (tertiary/aromatic N) is 1. The standard InChI is InChI=1S/C13H22N2O2/c1-10(9-15(2)3)14-8-11-5-6-13(17-4)12(16)7-11/h5-7,10,14,16H,8-9H2,1-4H3. The number of benzene rings is 1. The number of likely N-dealkylation sites (N-methyl/N-ethyl adjacent to an activating group) is 1. The molecular weight excluding hydrogens is 216 g/mol. The normalized spacial score (nSPS) is 12.8. The Balaban J connectivity index is 2.49. The Hall–Kier alpha value is -1.26. The summed E-state index contributed by atoms with van der Waals surface area (Å²) in [5, 5.41) is 13.0. The van der Waals surface area contributed by atoms with Crippen molar-refractivity contribution in [2.75, 3.05) is 27.7 Å². The number of hydrogen-bond acceptors (Lipinski definition) is 4. The molecule has 96 valence electrons. The first-order chi connectivity index (χ1) is 8.02. The topological polar surface area (TPSA) is 44.7 Å². The van der Waals surface area contributed by atoms with Gasteiger partial charge in [-0.3, -0.25) is 0 Å². The number of phenolic OH excluding ortho intramolecular Hbond substituents is 1. The van der Waals surface area contributed by atoms with Crippen LogP contribution in [0, 0.1) is 0 Å². The molecule has 0 bridgehead atoms. The molecule has 0 aliphatic carbocycles. The lowest BCUT2D eigenvalue weighted by Gasteiger charge is -2.18. The van der Waals surface area contributed by atoms with Crippen molar-refractivity contribution in [2.24, 2.45) is 0 Å². The monoisotopic (exact) mass is 238 g/mol. The third-order valence-corrected chi connectivity index (χ3v) is 2.54. The number of hydrogen-bond donors (Lipinski definition) is 2. The molecule has 1 atom stereocenters. The van der Waals surface area contributed by atoms with Gasteiger partial charge < -0.3 is 20.1 Å². The van der Waals surface area contributed by atoms with Gasteiger partial charge >= 0.3 is 0 Å². The van der Waals surface area contributed by atoms with Crippen LogP contribution in [0.5, 0.6) is 11.5 Å². The van der Waals surface area contributed by atoms with Crippen molar-refractivity contribution < 1.29 is 9.84 Å². The average molecular weight is 238 g/mol. The molecule has 0 aromatic heterocycles.